The first-order chi connectivity index (χ1) is 15.2. The van der Waals surface area contributed by atoms with Crippen molar-refractivity contribution in [2.75, 3.05) is 6.54 Å². The molecule has 1 aliphatic rings. The summed E-state index contributed by atoms with van der Waals surface area (Å²) in [5.41, 5.74) is 3.73. The van der Waals surface area contributed by atoms with Gasteiger partial charge < -0.3 is 10.6 Å². The molecule has 2 aromatic carbocycles. The molecule has 0 aliphatic heterocycles. The van der Waals surface area contributed by atoms with Gasteiger partial charge in [-0.2, -0.15) is 0 Å². The van der Waals surface area contributed by atoms with Gasteiger partial charge in [-0.25, -0.2) is 4.68 Å². The fourth-order valence-electron chi connectivity index (χ4n) is 3.45. The summed E-state index contributed by atoms with van der Waals surface area (Å²) in [6.45, 7) is 2.64. The number of nitrogens with one attached hydrogen (secondary N) is 2. The topological polar surface area (TPSA) is 88.9 Å². The fourth-order valence-corrected chi connectivity index (χ4v) is 3.45. The highest BCUT2D eigenvalue weighted by Crippen LogP contribution is 2.21. The number of aromatic nitrogens is 3. The standard InChI is InChI=1S/C24H27N5O2/c1-2-6-21-22(24(31)26-19-11-12-19)27-28-29(21)20-13-9-18(10-14-20)23(30)25-16-15-17-7-4-3-5-8-17/h3-5,7-10,13-14,19H,2,6,11-12,15-16H2,1H3,(H,25,30)(H,26,31). The van der Waals surface area contributed by atoms with Gasteiger partial charge in [0.2, 0.25) is 0 Å². The molecule has 0 unspecified atom stereocenters. The number of amides is 2. The molecule has 1 aliphatic carbocycles. The van der Waals surface area contributed by atoms with Crippen LogP contribution in [0.4, 0.5) is 0 Å². The summed E-state index contributed by atoms with van der Waals surface area (Å²) in [6, 6.07) is 17.5. The third kappa shape index (κ3) is 5.17. The predicted octanol–water partition coefficient (Wildman–Crippen LogP) is 3.08. The monoisotopic (exact) mass is 417 g/mol. The maximum Gasteiger partial charge on any atom is 0.273 e. The van der Waals surface area contributed by atoms with Crippen molar-refractivity contribution in [3.8, 4) is 5.69 Å². The molecule has 0 spiro atoms. The Morgan fingerprint density at radius 3 is 2.42 bits per heavy atom. The third-order valence-electron chi connectivity index (χ3n) is 5.29. The number of carbonyl (C=O) groups is 2. The molecule has 7 nitrogen and oxygen atoms in total. The largest absolute Gasteiger partial charge is 0.352 e. The number of benzene rings is 2. The van der Waals surface area contributed by atoms with Crippen molar-refractivity contribution in [3.63, 3.8) is 0 Å². The first-order valence-corrected chi connectivity index (χ1v) is 10.8. The second-order valence-electron chi connectivity index (χ2n) is 7.83. The van der Waals surface area contributed by atoms with E-state index in [4.69, 9.17) is 0 Å². The van der Waals surface area contributed by atoms with E-state index >= 15 is 0 Å². The van der Waals surface area contributed by atoms with Crippen LogP contribution in [0.3, 0.4) is 0 Å². The maximum atomic E-state index is 12.5. The van der Waals surface area contributed by atoms with Gasteiger partial charge in [0, 0.05) is 18.2 Å². The Bertz CT molecular complexity index is 1040. The van der Waals surface area contributed by atoms with Crippen molar-refractivity contribution in [2.24, 2.45) is 0 Å². The van der Waals surface area contributed by atoms with Gasteiger partial charge in [0.05, 0.1) is 11.4 Å². The fraction of sp³-hybridized carbons (Fsp3) is 0.333. The Balaban J connectivity index is 1.43. The average Bonchev–Trinajstić information content (AvgIpc) is 3.51. The Morgan fingerprint density at radius 2 is 1.74 bits per heavy atom. The van der Waals surface area contributed by atoms with Crippen molar-refractivity contribution in [2.45, 2.75) is 45.1 Å². The van der Waals surface area contributed by atoms with Crippen LogP contribution in [0.2, 0.25) is 0 Å². The molecule has 1 saturated carbocycles. The van der Waals surface area contributed by atoms with Gasteiger partial charge in [-0.05, 0) is 55.5 Å². The van der Waals surface area contributed by atoms with Gasteiger partial charge in [0.15, 0.2) is 5.69 Å². The zero-order valence-electron chi connectivity index (χ0n) is 17.7. The molecule has 2 N–H and O–H groups in total. The van der Waals surface area contributed by atoms with E-state index in [1.54, 1.807) is 16.8 Å². The Labute approximate surface area is 181 Å². The SMILES string of the molecule is CCCc1c(C(=O)NC2CC2)nnn1-c1ccc(C(=O)NCCc2ccccc2)cc1. The summed E-state index contributed by atoms with van der Waals surface area (Å²) in [5, 5.41) is 14.3. The van der Waals surface area contributed by atoms with Gasteiger partial charge in [0.1, 0.15) is 0 Å². The molecule has 0 bridgehead atoms. The lowest BCUT2D eigenvalue weighted by atomic mass is 10.1. The Kier molecular flexibility index (Phi) is 6.40. The molecule has 1 heterocycles. The van der Waals surface area contributed by atoms with Crippen LogP contribution in [0, 0.1) is 0 Å². The van der Waals surface area contributed by atoms with Gasteiger partial charge in [-0.1, -0.05) is 48.9 Å². The first-order valence-electron chi connectivity index (χ1n) is 10.8. The molecule has 2 amide bonds. The smallest absolute Gasteiger partial charge is 0.273 e. The molecule has 1 fully saturated rings. The minimum atomic E-state index is -0.161. The quantitative estimate of drug-likeness (QED) is 0.560. The maximum absolute atomic E-state index is 12.5. The van der Waals surface area contributed by atoms with Gasteiger partial charge in [0.25, 0.3) is 11.8 Å². The lowest BCUT2D eigenvalue weighted by molar-refractivity contribution is 0.0940. The molecule has 0 radical (unpaired) electrons. The predicted molar refractivity (Wildman–Crippen MR) is 118 cm³/mol. The van der Waals surface area contributed by atoms with E-state index in [2.05, 4.69) is 27.9 Å². The van der Waals surface area contributed by atoms with Gasteiger partial charge in [-0.15, -0.1) is 5.10 Å². The summed E-state index contributed by atoms with van der Waals surface area (Å²) >= 11 is 0. The minimum absolute atomic E-state index is 0.112. The molecule has 31 heavy (non-hydrogen) atoms. The van der Waals surface area contributed by atoms with Crippen LogP contribution in [0.5, 0.6) is 0 Å². The van der Waals surface area contributed by atoms with Crippen LogP contribution in [0.1, 0.15) is 58.3 Å². The summed E-state index contributed by atoms with van der Waals surface area (Å²) in [5.74, 6) is -0.272. The van der Waals surface area contributed by atoms with Crippen LogP contribution >= 0.6 is 0 Å². The van der Waals surface area contributed by atoms with E-state index in [-0.39, 0.29) is 17.9 Å². The number of hydrogen-bond donors (Lipinski definition) is 2. The summed E-state index contributed by atoms with van der Waals surface area (Å²) in [4.78, 5) is 25.0. The van der Waals surface area contributed by atoms with Crippen LogP contribution in [-0.4, -0.2) is 39.4 Å². The van der Waals surface area contributed by atoms with E-state index in [0.29, 0.717) is 24.2 Å². The number of hydrogen-bond acceptors (Lipinski definition) is 4. The molecule has 7 heteroatoms. The summed E-state index contributed by atoms with van der Waals surface area (Å²) in [6.07, 6.45) is 4.41. The summed E-state index contributed by atoms with van der Waals surface area (Å²) < 4.78 is 1.70. The number of nitrogens with zero attached hydrogens (tertiary/aromatic N) is 3. The average molecular weight is 418 g/mol. The van der Waals surface area contributed by atoms with Crippen molar-refractivity contribution in [1.29, 1.82) is 0 Å². The van der Waals surface area contributed by atoms with Gasteiger partial charge in [-0.3, -0.25) is 9.59 Å². The van der Waals surface area contributed by atoms with Crippen LogP contribution in [0.15, 0.2) is 54.6 Å². The van der Waals surface area contributed by atoms with Crippen molar-refractivity contribution < 1.29 is 9.59 Å². The third-order valence-corrected chi connectivity index (χ3v) is 5.29. The number of rotatable bonds is 9. The van der Waals surface area contributed by atoms with E-state index < -0.39 is 0 Å². The van der Waals surface area contributed by atoms with Gasteiger partial charge >= 0.3 is 0 Å². The highest BCUT2D eigenvalue weighted by molar-refractivity contribution is 5.95. The second-order valence-corrected chi connectivity index (χ2v) is 7.83. The number of carbonyl (C=O) groups excluding carboxylic acids is 2. The lowest BCUT2D eigenvalue weighted by Crippen LogP contribution is -2.27. The molecule has 3 aromatic rings. The van der Waals surface area contributed by atoms with E-state index in [1.807, 2.05) is 42.5 Å². The van der Waals surface area contributed by atoms with E-state index in [0.717, 1.165) is 37.1 Å². The zero-order chi connectivity index (χ0) is 21.6. The minimum Gasteiger partial charge on any atom is -0.352 e. The van der Waals surface area contributed by atoms with Crippen molar-refractivity contribution >= 4 is 11.8 Å². The second kappa shape index (κ2) is 9.55. The van der Waals surface area contributed by atoms with Crippen molar-refractivity contribution in [1.82, 2.24) is 25.6 Å². The van der Waals surface area contributed by atoms with E-state index in [9.17, 15) is 9.59 Å². The zero-order valence-corrected chi connectivity index (χ0v) is 17.7. The molecular weight excluding hydrogens is 390 g/mol. The molecule has 1 aromatic heterocycles. The Hall–Kier alpha value is -3.48. The van der Waals surface area contributed by atoms with E-state index in [1.165, 1.54) is 5.56 Å². The summed E-state index contributed by atoms with van der Waals surface area (Å²) in [7, 11) is 0. The highest BCUT2D eigenvalue weighted by Gasteiger charge is 2.27. The molecule has 0 atom stereocenters. The Morgan fingerprint density at radius 1 is 1.00 bits per heavy atom. The molecule has 160 valence electrons. The molecule has 0 saturated heterocycles. The lowest BCUT2D eigenvalue weighted by Gasteiger charge is -2.09. The van der Waals surface area contributed by atoms with Crippen LogP contribution in [-0.2, 0) is 12.8 Å². The highest BCUT2D eigenvalue weighted by atomic mass is 16.2. The normalized spacial score (nSPS) is 13.1. The molecular formula is C24H27N5O2. The van der Waals surface area contributed by atoms with Crippen LogP contribution in [0.25, 0.3) is 5.69 Å². The van der Waals surface area contributed by atoms with Crippen molar-refractivity contribution in [3.05, 3.63) is 77.1 Å². The first kappa shape index (κ1) is 20.8. The van der Waals surface area contributed by atoms with Crippen LogP contribution < -0.4 is 10.6 Å². The molecule has 4 rings (SSSR count).